The highest BCUT2D eigenvalue weighted by atomic mass is 32.2. The third kappa shape index (κ3) is 7.69. The monoisotopic (exact) mass is 713 g/mol. The van der Waals surface area contributed by atoms with Gasteiger partial charge in [-0.3, -0.25) is 19.4 Å². The third-order valence-corrected chi connectivity index (χ3v) is 11.0. The lowest BCUT2D eigenvalue weighted by Crippen LogP contribution is -2.75. The number of ether oxygens (including phenoxy) is 1. The van der Waals surface area contributed by atoms with Gasteiger partial charge in [-0.2, -0.15) is 9.36 Å². The molecule has 15 heteroatoms. The molecule has 2 fully saturated rings. The quantitative estimate of drug-likeness (QED) is 0.0508. The van der Waals surface area contributed by atoms with Gasteiger partial charge in [-0.05, 0) is 34.7 Å². The molecule has 0 spiro atoms. The third-order valence-electron chi connectivity index (χ3n) is 7.58. The van der Waals surface area contributed by atoms with Crippen LogP contribution in [0.25, 0.3) is 6.08 Å². The molecule has 12 nitrogen and oxygen atoms in total. The molecule has 2 aliphatic rings. The first-order valence-corrected chi connectivity index (χ1v) is 17.8. The molecule has 3 atom stereocenters. The number of rotatable bonds is 13. The van der Waals surface area contributed by atoms with E-state index in [-0.39, 0.29) is 35.7 Å². The van der Waals surface area contributed by atoms with Crippen LogP contribution in [0.1, 0.15) is 28.7 Å². The lowest BCUT2D eigenvalue weighted by molar-refractivity contribution is -0.155. The van der Waals surface area contributed by atoms with Crippen molar-refractivity contribution in [3.05, 3.63) is 126 Å². The van der Waals surface area contributed by atoms with E-state index in [1.165, 1.54) is 29.6 Å². The highest BCUT2D eigenvalue weighted by Crippen LogP contribution is 2.46. The zero-order valence-corrected chi connectivity index (χ0v) is 28.4. The molecule has 250 valence electrons. The average Bonchev–Trinajstić information content (AvgIpc) is 3.57. The highest BCUT2D eigenvalue weighted by Gasteiger charge is 2.58. The number of amides is 2. The fourth-order valence-electron chi connectivity index (χ4n) is 5.18. The average molecular weight is 714 g/mol. The Morgan fingerprint density at radius 3 is 2.47 bits per heavy atom. The normalized spacial score (nSPS) is 20.4. The van der Waals surface area contributed by atoms with Crippen molar-refractivity contribution < 1.29 is 24.0 Å². The standard InChI is InChI=1S/C34H31N7O5S3/c1-2-18-45-39-25(28-38-33(35)49-40-28)29(42)37-26-30(43)41-20-34(21-47-31(26)41,48-19-16-24-15-9-10-17-36-24)32(44)46-27(22-11-5-3-6-12-22)23-13-7-4-8-14-23/h2-17,19,26-27,31H,1,18,20-21H2,(H,37,42)(H2,35,38,40)/t26?,31-,34?/m1/s1. The Labute approximate surface area is 295 Å². The number of β-lactam (4-membered cyclic amide) rings is 1. The zero-order valence-electron chi connectivity index (χ0n) is 26.0. The smallest absolute Gasteiger partial charge is 0.326 e. The van der Waals surface area contributed by atoms with Crippen LogP contribution in [-0.4, -0.2) is 77.8 Å². The first-order chi connectivity index (χ1) is 23.9. The second-order valence-electron chi connectivity index (χ2n) is 10.9. The maximum atomic E-state index is 14.4. The van der Waals surface area contributed by atoms with Gasteiger partial charge in [0.1, 0.15) is 22.8 Å². The Morgan fingerprint density at radius 2 is 1.84 bits per heavy atom. The Bertz CT molecular complexity index is 1820. The summed E-state index contributed by atoms with van der Waals surface area (Å²) in [4.78, 5) is 56.4. The van der Waals surface area contributed by atoms with Crippen LogP contribution in [0.4, 0.5) is 5.13 Å². The number of thioether (sulfide) groups is 2. The highest BCUT2D eigenvalue weighted by molar-refractivity contribution is 8.06. The summed E-state index contributed by atoms with van der Waals surface area (Å²) >= 11 is 3.57. The van der Waals surface area contributed by atoms with E-state index >= 15 is 0 Å². The molecule has 49 heavy (non-hydrogen) atoms. The molecule has 4 aromatic rings. The molecule has 0 saturated carbocycles. The fourth-order valence-corrected chi connectivity index (χ4v) is 8.30. The predicted molar refractivity (Wildman–Crippen MR) is 191 cm³/mol. The van der Waals surface area contributed by atoms with Crippen LogP contribution in [0, 0.1) is 0 Å². The number of esters is 1. The number of nitrogens with one attached hydrogen (secondary N) is 1. The second-order valence-corrected chi connectivity index (χ2v) is 14.1. The summed E-state index contributed by atoms with van der Waals surface area (Å²) in [6, 6.07) is 23.7. The Balaban J connectivity index is 1.23. The van der Waals surface area contributed by atoms with E-state index in [4.69, 9.17) is 15.3 Å². The van der Waals surface area contributed by atoms with Crippen molar-refractivity contribution in [1.29, 1.82) is 0 Å². The van der Waals surface area contributed by atoms with E-state index in [0.29, 0.717) is 5.75 Å². The lowest BCUT2D eigenvalue weighted by Gasteiger charge is -2.53. The molecular formula is C34H31N7O5S3. The summed E-state index contributed by atoms with van der Waals surface area (Å²) in [6.45, 7) is 3.68. The van der Waals surface area contributed by atoms with E-state index in [1.807, 2.05) is 90.3 Å². The molecule has 0 radical (unpaired) electrons. The molecule has 0 bridgehead atoms. The summed E-state index contributed by atoms with van der Waals surface area (Å²) in [5.74, 6) is -1.23. The summed E-state index contributed by atoms with van der Waals surface area (Å²) < 4.78 is 9.25. The van der Waals surface area contributed by atoms with Gasteiger partial charge in [-0.15, -0.1) is 23.5 Å². The minimum absolute atomic E-state index is 0.0202. The molecule has 4 heterocycles. The number of hydrogen-bond acceptors (Lipinski definition) is 13. The van der Waals surface area contributed by atoms with Crippen molar-refractivity contribution >= 4 is 69.8 Å². The van der Waals surface area contributed by atoms with Crippen LogP contribution in [0.5, 0.6) is 0 Å². The second kappa shape index (κ2) is 15.5. The Kier molecular flexibility index (Phi) is 10.7. The van der Waals surface area contributed by atoms with Gasteiger partial charge < -0.3 is 25.5 Å². The number of pyridine rings is 1. The first-order valence-electron chi connectivity index (χ1n) is 15.1. The number of hydrogen-bond donors (Lipinski definition) is 2. The van der Waals surface area contributed by atoms with E-state index < -0.39 is 34.1 Å². The summed E-state index contributed by atoms with van der Waals surface area (Å²) in [5.41, 5.74) is 7.87. The van der Waals surface area contributed by atoms with Crippen LogP contribution < -0.4 is 11.1 Å². The zero-order chi connectivity index (χ0) is 34.2. The number of nitrogen functional groups attached to an aromatic ring is 1. The number of carbonyl (C=O) groups excluding carboxylic acids is 3. The molecule has 2 unspecified atom stereocenters. The number of aromatic nitrogens is 3. The minimum atomic E-state index is -1.16. The van der Waals surface area contributed by atoms with Gasteiger partial charge in [-0.1, -0.05) is 84.5 Å². The number of anilines is 1. The lowest BCUT2D eigenvalue weighted by atomic mass is 10.00. The SMILES string of the molecule is C=CCON=C(C(=O)NC1C(=O)N2CC(SC=Cc3ccccn3)(C(=O)OC(c3ccccc3)c3ccccc3)CS[C@H]12)c1nsc(N)n1. The summed E-state index contributed by atoms with van der Waals surface area (Å²) in [5, 5.41) is 8.15. The number of nitrogens with two attached hydrogens (primary N) is 1. The van der Waals surface area contributed by atoms with E-state index in [9.17, 15) is 14.4 Å². The van der Waals surface area contributed by atoms with Crippen molar-refractivity contribution in [2.75, 3.05) is 24.6 Å². The topological polar surface area (TPSA) is 162 Å². The molecule has 3 N–H and O–H groups in total. The van der Waals surface area contributed by atoms with Gasteiger partial charge in [0.15, 0.2) is 11.2 Å². The molecular weight excluding hydrogens is 683 g/mol. The Hall–Kier alpha value is -4.99. The summed E-state index contributed by atoms with van der Waals surface area (Å²) in [7, 11) is 0. The largest absolute Gasteiger partial charge is 0.451 e. The van der Waals surface area contributed by atoms with Crippen LogP contribution >= 0.6 is 35.1 Å². The van der Waals surface area contributed by atoms with Crippen LogP contribution in [0.15, 0.2) is 108 Å². The van der Waals surface area contributed by atoms with Gasteiger partial charge in [0.2, 0.25) is 17.4 Å². The first kappa shape index (κ1) is 33.9. The maximum absolute atomic E-state index is 14.4. The number of nitrogens with zero attached hydrogens (tertiary/aromatic N) is 5. The maximum Gasteiger partial charge on any atom is 0.326 e. The van der Waals surface area contributed by atoms with Crippen molar-refractivity contribution in [2.24, 2.45) is 5.16 Å². The number of benzene rings is 2. The minimum Gasteiger partial charge on any atom is -0.451 e. The van der Waals surface area contributed by atoms with E-state index in [0.717, 1.165) is 28.4 Å². The van der Waals surface area contributed by atoms with Gasteiger partial charge in [0.05, 0.1) is 5.69 Å². The van der Waals surface area contributed by atoms with E-state index in [2.05, 4.69) is 31.4 Å². The molecule has 2 aromatic heterocycles. The number of oxime groups is 1. The molecule has 6 rings (SSSR count). The molecule has 2 aliphatic heterocycles. The molecule has 2 aromatic carbocycles. The molecule has 0 aliphatic carbocycles. The van der Waals surface area contributed by atoms with Gasteiger partial charge in [0, 0.05) is 30.0 Å². The van der Waals surface area contributed by atoms with Crippen molar-refractivity contribution in [1.82, 2.24) is 24.6 Å². The van der Waals surface area contributed by atoms with Gasteiger partial charge in [0.25, 0.3) is 5.91 Å². The molecule has 2 amide bonds. The Morgan fingerprint density at radius 1 is 1.12 bits per heavy atom. The fraction of sp³-hybridized carbons (Fsp3) is 0.206. The van der Waals surface area contributed by atoms with Crippen LogP contribution in [0.3, 0.4) is 0 Å². The molecule has 2 saturated heterocycles. The van der Waals surface area contributed by atoms with Gasteiger partial charge in [-0.25, -0.2) is 0 Å². The van der Waals surface area contributed by atoms with Crippen molar-refractivity contribution in [2.45, 2.75) is 22.3 Å². The van der Waals surface area contributed by atoms with Crippen molar-refractivity contribution in [3.8, 4) is 0 Å². The van der Waals surface area contributed by atoms with Gasteiger partial charge >= 0.3 is 5.97 Å². The van der Waals surface area contributed by atoms with Crippen molar-refractivity contribution in [3.63, 3.8) is 0 Å². The van der Waals surface area contributed by atoms with Crippen LogP contribution in [-0.2, 0) is 24.0 Å². The summed E-state index contributed by atoms with van der Waals surface area (Å²) in [6.07, 6.45) is 4.31. The number of carbonyl (C=O) groups is 3. The number of fused-ring (bicyclic) bond motifs is 1. The predicted octanol–water partition coefficient (Wildman–Crippen LogP) is 4.30. The van der Waals surface area contributed by atoms with E-state index in [1.54, 1.807) is 11.1 Å². The van der Waals surface area contributed by atoms with Crippen LogP contribution in [0.2, 0.25) is 0 Å².